The van der Waals surface area contributed by atoms with Gasteiger partial charge in [0.05, 0.1) is 31.1 Å². The minimum Gasteiger partial charge on any atom is -0.393 e. The van der Waals surface area contributed by atoms with Gasteiger partial charge >= 0.3 is 0 Å². The van der Waals surface area contributed by atoms with Gasteiger partial charge in [-0.1, -0.05) is 5.16 Å². The van der Waals surface area contributed by atoms with Crippen LogP contribution in [0.4, 0.5) is 0 Å². The van der Waals surface area contributed by atoms with E-state index < -0.39 is 6.10 Å². The van der Waals surface area contributed by atoms with Crippen LogP contribution < -0.4 is 0 Å². The number of nitrogens with zero attached hydrogens (tertiary/aromatic N) is 5. The summed E-state index contributed by atoms with van der Waals surface area (Å²) in [6.07, 6.45) is 0.406. The fraction of sp³-hybridized carbons (Fsp3) is 0.545. The van der Waals surface area contributed by atoms with Gasteiger partial charge in [-0.25, -0.2) is 0 Å². The third kappa shape index (κ3) is 2.50. The number of fused-ring (bicyclic) bond motifs is 1. The molecule has 8 nitrogen and oxygen atoms in total. The lowest BCUT2D eigenvalue weighted by molar-refractivity contribution is 0.0915. The first-order valence-corrected chi connectivity index (χ1v) is 6.09. The highest BCUT2D eigenvalue weighted by molar-refractivity contribution is 5.14. The molecule has 8 heteroatoms. The lowest BCUT2D eigenvalue weighted by Gasteiger charge is -2.26. The summed E-state index contributed by atoms with van der Waals surface area (Å²) in [7, 11) is 0. The number of aromatic nitrogens is 4. The summed E-state index contributed by atoms with van der Waals surface area (Å²) in [5.41, 5.74) is 1.52. The second-order valence-electron chi connectivity index (χ2n) is 4.54. The predicted molar refractivity (Wildman–Crippen MR) is 62.7 cm³/mol. The summed E-state index contributed by atoms with van der Waals surface area (Å²) in [4.78, 5) is 6.18. The van der Waals surface area contributed by atoms with Crippen LogP contribution in [0.5, 0.6) is 0 Å². The lowest BCUT2D eigenvalue weighted by atomic mass is 10.2. The van der Waals surface area contributed by atoms with E-state index in [-0.39, 0.29) is 6.61 Å². The van der Waals surface area contributed by atoms with Gasteiger partial charge in [-0.15, -0.1) is 0 Å². The molecule has 3 rings (SSSR count). The molecule has 0 spiro atoms. The number of aliphatic hydroxyl groups excluding tert-OH is 2. The third-order valence-electron chi connectivity index (χ3n) is 3.18. The standard InChI is InChI=1S/C11H15N5O3/c17-6-10(18)9-3-8-4-15(1-2-16(8)13-9)5-11-12-7-19-14-11/h3,7,10,17-18H,1-2,4-6H2/t10-/m0/s1. The molecule has 1 aliphatic rings. The quantitative estimate of drug-likeness (QED) is 0.754. The van der Waals surface area contributed by atoms with E-state index in [9.17, 15) is 5.11 Å². The van der Waals surface area contributed by atoms with Crippen molar-refractivity contribution >= 4 is 0 Å². The summed E-state index contributed by atoms with van der Waals surface area (Å²) < 4.78 is 6.57. The Kier molecular flexibility index (Phi) is 3.28. The van der Waals surface area contributed by atoms with Crippen molar-refractivity contribution in [1.82, 2.24) is 24.8 Å². The second-order valence-corrected chi connectivity index (χ2v) is 4.54. The molecule has 0 saturated carbocycles. The summed E-state index contributed by atoms with van der Waals surface area (Å²) >= 11 is 0. The number of hydrogen-bond acceptors (Lipinski definition) is 7. The third-order valence-corrected chi connectivity index (χ3v) is 3.18. The topological polar surface area (TPSA) is 100 Å². The van der Waals surface area contributed by atoms with E-state index in [4.69, 9.17) is 9.63 Å². The molecular weight excluding hydrogens is 250 g/mol. The van der Waals surface area contributed by atoms with E-state index in [0.29, 0.717) is 24.6 Å². The number of hydrogen-bond donors (Lipinski definition) is 2. The Hall–Kier alpha value is -1.77. The van der Waals surface area contributed by atoms with Crippen LogP contribution in [0.15, 0.2) is 17.0 Å². The molecule has 0 fully saturated rings. The van der Waals surface area contributed by atoms with E-state index in [1.165, 1.54) is 6.39 Å². The van der Waals surface area contributed by atoms with Gasteiger partial charge in [-0.05, 0) is 6.07 Å². The van der Waals surface area contributed by atoms with Crippen molar-refractivity contribution in [2.45, 2.75) is 25.7 Å². The molecule has 2 aromatic rings. The highest BCUT2D eigenvalue weighted by Crippen LogP contribution is 2.18. The molecule has 2 aromatic heterocycles. The molecule has 2 N–H and O–H groups in total. The molecule has 0 unspecified atom stereocenters. The van der Waals surface area contributed by atoms with Gasteiger partial charge in [0.15, 0.2) is 5.82 Å². The first-order valence-electron chi connectivity index (χ1n) is 6.09. The average Bonchev–Trinajstić information content (AvgIpc) is 3.06. The molecule has 1 atom stereocenters. The van der Waals surface area contributed by atoms with E-state index in [1.54, 1.807) is 0 Å². The lowest BCUT2D eigenvalue weighted by Crippen LogP contribution is -2.33. The second kappa shape index (κ2) is 5.08. The molecule has 1 aliphatic heterocycles. The Morgan fingerprint density at radius 2 is 2.32 bits per heavy atom. The Balaban J connectivity index is 1.71. The molecule has 0 saturated heterocycles. The van der Waals surface area contributed by atoms with Crippen LogP contribution >= 0.6 is 0 Å². The van der Waals surface area contributed by atoms with Gasteiger partial charge in [0.2, 0.25) is 6.39 Å². The molecule has 102 valence electrons. The summed E-state index contributed by atoms with van der Waals surface area (Å²) in [6.45, 7) is 2.59. The highest BCUT2D eigenvalue weighted by atomic mass is 16.5. The van der Waals surface area contributed by atoms with Crippen LogP contribution in [-0.2, 0) is 19.6 Å². The van der Waals surface area contributed by atoms with Gasteiger partial charge in [0.25, 0.3) is 0 Å². The first-order chi connectivity index (χ1) is 9.26. The molecule has 0 aliphatic carbocycles. The zero-order valence-corrected chi connectivity index (χ0v) is 10.3. The number of rotatable bonds is 4. The Morgan fingerprint density at radius 1 is 1.42 bits per heavy atom. The van der Waals surface area contributed by atoms with Crippen molar-refractivity contribution < 1.29 is 14.7 Å². The van der Waals surface area contributed by atoms with Gasteiger partial charge in [0, 0.05) is 13.1 Å². The van der Waals surface area contributed by atoms with Crippen LogP contribution in [0.25, 0.3) is 0 Å². The van der Waals surface area contributed by atoms with Crippen LogP contribution in [0.3, 0.4) is 0 Å². The summed E-state index contributed by atoms with van der Waals surface area (Å²) in [5.74, 6) is 0.656. The van der Waals surface area contributed by atoms with Crippen molar-refractivity contribution in [3.05, 3.63) is 29.7 Å². The zero-order valence-electron chi connectivity index (χ0n) is 10.3. The van der Waals surface area contributed by atoms with E-state index in [2.05, 4.69) is 20.1 Å². The van der Waals surface area contributed by atoms with Gasteiger partial charge < -0.3 is 14.7 Å². The largest absolute Gasteiger partial charge is 0.393 e. The molecule has 0 aromatic carbocycles. The molecular formula is C11H15N5O3. The first kappa shape index (κ1) is 12.3. The van der Waals surface area contributed by atoms with Crippen LogP contribution in [0.2, 0.25) is 0 Å². The maximum atomic E-state index is 9.58. The Bertz CT molecular complexity index is 539. The minimum absolute atomic E-state index is 0.316. The number of aliphatic hydroxyl groups is 2. The minimum atomic E-state index is -0.913. The Labute approximate surface area is 109 Å². The maximum absolute atomic E-state index is 9.58. The van der Waals surface area contributed by atoms with E-state index in [0.717, 1.165) is 18.8 Å². The van der Waals surface area contributed by atoms with E-state index in [1.807, 2.05) is 10.7 Å². The van der Waals surface area contributed by atoms with E-state index >= 15 is 0 Å². The van der Waals surface area contributed by atoms with Crippen molar-refractivity contribution in [2.75, 3.05) is 13.2 Å². The molecule has 19 heavy (non-hydrogen) atoms. The Morgan fingerprint density at radius 3 is 3.05 bits per heavy atom. The van der Waals surface area contributed by atoms with Crippen molar-refractivity contribution in [3.8, 4) is 0 Å². The van der Waals surface area contributed by atoms with Gasteiger partial charge in [0.1, 0.15) is 6.10 Å². The van der Waals surface area contributed by atoms with Crippen molar-refractivity contribution in [2.24, 2.45) is 0 Å². The van der Waals surface area contributed by atoms with Crippen LogP contribution in [0, 0.1) is 0 Å². The fourth-order valence-corrected chi connectivity index (χ4v) is 2.20. The molecule has 3 heterocycles. The van der Waals surface area contributed by atoms with Crippen molar-refractivity contribution in [1.29, 1.82) is 0 Å². The fourth-order valence-electron chi connectivity index (χ4n) is 2.20. The van der Waals surface area contributed by atoms with Gasteiger partial charge in [-0.2, -0.15) is 10.1 Å². The molecule has 0 radical (unpaired) electrons. The summed E-state index contributed by atoms with van der Waals surface area (Å²) in [6, 6.07) is 1.82. The normalized spacial score (nSPS) is 17.4. The predicted octanol–water partition coefficient (Wildman–Crippen LogP) is -0.692. The highest BCUT2D eigenvalue weighted by Gasteiger charge is 2.21. The average molecular weight is 265 g/mol. The summed E-state index contributed by atoms with van der Waals surface area (Å²) in [5, 5.41) is 26.6. The molecule has 0 bridgehead atoms. The van der Waals surface area contributed by atoms with Crippen LogP contribution in [-0.4, -0.2) is 48.2 Å². The van der Waals surface area contributed by atoms with Crippen LogP contribution in [0.1, 0.15) is 23.3 Å². The monoisotopic (exact) mass is 265 g/mol. The SMILES string of the molecule is OC[C@H](O)c1cc2n(n1)CCN(Cc1ncon1)C2. The molecule has 0 amide bonds. The maximum Gasteiger partial charge on any atom is 0.213 e. The van der Waals surface area contributed by atoms with Gasteiger partial charge in [-0.3, -0.25) is 9.58 Å². The van der Waals surface area contributed by atoms with Crippen molar-refractivity contribution in [3.63, 3.8) is 0 Å². The zero-order chi connectivity index (χ0) is 13.2. The smallest absolute Gasteiger partial charge is 0.213 e.